The van der Waals surface area contributed by atoms with Crippen LogP contribution in [0.15, 0.2) is 0 Å². The monoisotopic (exact) mass is 155 g/mol. The van der Waals surface area contributed by atoms with Crippen LogP contribution in [0.5, 0.6) is 0 Å². The van der Waals surface area contributed by atoms with E-state index in [1.54, 1.807) is 0 Å². The SMILES string of the molecule is CC1CC(=O)N(C)C(C)C1C. The molecule has 11 heavy (non-hydrogen) atoms. The van der Waals surface area contributed by atoms with Crippen molar-refractivity contribution in [3.05, 3.63) is 0 Å². The van der Waals surface area contributed by atoms with Crippen molar-refractivity contribution in [1.29, 1.82) is 0 Å². The smallest absolute Gasteiger partial charge is 0.222 e. The number of piperidine rings is 1. The predicted molar refractivity (Wildman–Crippen MR) is 45.2 cm³/mol. The van der Waals surface area contributed by atoms with Gasteiger partial charge in [0.25, 0.3) is 0 Å². The highest BCUT2D eigenvalue weighted by Gasteiger charge is 2.32. The number of hydrogen-bond acceptors (Lipinski definition) is 1. The van der Waals surface area contributed by atoms with Gasteiger partial charge in [-0.15, -0.1) is 0 Å². The van der Waals surface area contributed by atoms with E-state index < -0.39 is 0 Å². The Kier molecular flexibility index (Phi) is 2.21. The molecule has 0 N–H and O–H groups in total. The summed E-state index contributed by atoms with van der Waals surface area (Å²) in [5.41, 5.74) is 0. The highest BCUT2D eigenvalue weighted by molar-refractivity contribution is 5.77. The number of nitrogens with zero attached hydrogens (tertiary/aromatic N) is 1. The molecule has 1 aliphatic heterocycles. The second-order valence-electron chi connectivity index (χ2n) is 3.79. The lowest BCUT2D eigenvalue weighted by molar-refractivity contribution is -0.138. The van der Waals surface area contributed by atoms with Gasteiger partial charge in [0.1, 0.15) is 0 Å². The summed E-state index contributed by atoms with van der Waals surface area (Å²) in [5.74, 6) is 1.48. The zero-order valence-corrected chi connectivity index (χ0v) is 7.79. The molecule has 1 aliphatic rings. The van der Waals surface area contributed by atoms with Gasteiger partial charge in [0.15, 0.2) is 0 Å². The van der Waals surface area contributed by atoms with E-state index in [9.17, 15) is 4.79 Å². The van der Waals surface area contributed by atoms with Crippen LogP contribution >= 0.6 is 0 Å². The Morgan fingerprint density at radius 2 is 1.91 bits per heavy atom. The van der Waals surface area contributed by atoms with Crippen molar-refractivity contribution in [2.45, 2.75) is 33.2 Å². The fourth-order valence-electron chi connectivity index (χ4n) is 1.66. The van der Waals surface area contributed by atoms with E-state index in [0.29, 0.717) is 23.8 Å². The van der Waals surface area contributed by atoms with E-state index >= 15 is 0 Å². The molecule has 0 aromatic heterocycles. The van der Waals surface area contributed by atoms with Crippen molar-refractivity contribution in [3.63, 3.8) is 0 Å². The first-order valence-corrected chi connectivity index (χ1v) is 4.29. The Labute approximate surface area is 68.6 Å². The minimum absolute atomic E-state index is 0.295. The van der Waals surface area contributed by atoms with E-state index in [-0.39, 0.29) is 0 Å². The molecule has 0 spiro atoms. The third-order valence-corrected chi connectivity index (χ3v) is 3.16. The third kappa shape index (κ3) is 1.39. The van der Waals surface area contributed by atoms with Crippen LogP contribution in [0.1, 0.15) is 27.2 Å². The molecule has 0 aliphatic carbocycles. The predicted octanol–water partition coefficient (Wildman–Crippen LogP) is 1.51. The molecule has 1 fully saturated rings. The largest absolute Gasteiger partial charge is 0.343 e. The van der Waals surface area contributed by atoms with Gasteiger partial charge in [-0.3, -0.25) is 4.79 Å². The second-order valence-corrected chi connectivity index (χ2v) is 3.79. The summed E-state index contributed by atoms with van der Waals surface area (Å²) in [5, 5.41) is 0. The molecule has 0 aromatic rings. The molecular weight excluding hydrogens is 138 g/mol. The molecule has 3 atom stereocenters. The van der Waals surface area contributed by atoms with Crippen molar-refractivity contribution in [2.75, 3.05) is 7.05 Å². The van der Waals surface area contributed by atoms with Crippen LogP contribution in [0.25, 0.3) is 0 Å². The molecule has 0 aromatic carbocycles. The Hall–Kier alpha value is -0.530. The number of hydrogen-bond donors (Lipinski definition) is 0. The van der Waals surface area contributed by atoms with Gasteiger partial charge in [0.05, 0.1) is 0 Å². The molecular formula is C9H17NO. The number of amides is 1. The van der Waals surface area contributed by atoms with Gasteiger partial charge in [0.2, 0.25) is 5.91 Å². The van der Waals surface area contributed by atoms with Crippen molar-refractivity contribution in [3.8, 4) is 0 Å². The van der Waals surface area contributed by atoms with E-state index in [4.69, 9.17) is 0 Å². The number of rotatable bonds is 0. The van der Waals surface area contributed by atoms with Gasteiger partial charge in [0, 0.05) is 19.5 Å². The highest BCUT2D eigenvalue weighted by atomic mass is 16.2. The first-order chi connectivity index (χ1) is 5.04. The van der Waals surface area contributed by atoms with Crippen LogP contribution in [-0.4, -0.2) is 23.9 Å². The van der Waals surface area contributed by atoms with Gasteiger partial charge in [-0.05, 0) is 18.8 Å². The average molecular weight is 155 g/mol. The van der Waals surface area contributed by atoms with Crippen molar-refractivity contribution in [1.82, 2.24) is 4.90 Å². The van der Waals surface area contributed by atoms with Crippen LogP contribution in [0.4, 0.5) is 0 Å². The van der Waals surface area contributed by atoms with Gasteiger partial charge in [-0.1, -0.05) is 13.8 Å². The van der Waals surface area contributed by atoms with Crippen molar-refractivity contribution in [2.24, 2.45) is 11.8 Å². The summed E-state index contributed by atoms with van der Waals surface area (Å²) in [6.07, 6.45) is 0.724. The molecule has 1 saturated heterocycles. The van der Waals surface area contributed by atoms with E-state index in [1.165, 1.54) is 0 Å². The van der Waals surface area contributed by atoms with Gasteiger partial charge in [-0.25, -0.2) is 0 Å². The molecule has 0 saturated carbocycles. The Morgan fingerprint density at radius 3 is 2.45 bits per heavy atom. The molecule has 2 nitrogen and oxygen atoms in total. The minimum atomic E-state index is 0.295. The fourth-order valence-corrected chi connectivity index (χ4v) is 1.66. The maximum atomic E-state index is 11.3. The summed E-state index contributed by atoms with van der Waals surface area (Å²) in [6, 6.07) is 0.409. The Morgan fingerprint density at radius 1 is 1.36 bits per heavy atom. The van der Waals surface area contributed by atoms with Crippen molar-refractivity contribution >= 4 is 5.91 Å². The normalized spacial score (nSPS) is 39.5. The number of carbonyl (C=O) groups excluding carboxylic acids is 1. The third-order valence-electron chi connectivity index (χ3n) is 3.16. The zero-order chi connectivity index (χ0) is 8.59. The van der Waals surface area contributed by atoms with Crippen LogP contribution in [0, 0.1) is 11.8 Å². The topological polar surface area (TPSA) is 20.3 Å². The molecule has 0 bridgehead atoms. The van der Waals surface area contributed by atoms with E-state index in [0.717, 1.165) is 6.42 Å². The molecule has 1 heterocycles. The minimum Gasteiger partial charge on any atom is -0.343 e. The average Bonchev–Trinajstić information content (AvgIpc) is 1.97. The summed E-state index contributed by atoms with van der Waals surface area (Å²) < 4.78 is 0. The molecule has 1 rings (SSSR count). The molecule has 1 amide bonds. The first kappa shape index (κ1) is 8.57. The first-order valence-electron chi connectivity index (χ1n) is 4.29. The second kappa shape index (κ2) is 2.84. The standard InChI is InChI=1S/C9H17NO/c1-6-5-9(11)10(4)8(3)7(6)2/h6-8H,5H2,1-4H3. The highest BCUT2D eigenvalue weighted by Crippen LogP contribution is 2.27. The summed E-state index contributed by atoms with van der Waals surface area (Å²) in [6.45, 7) is 6.50. The number of likely N-dealkylation sites (tertiary alicyclic amines) is 1. The van der Waals surface area contributed by atoms with Crippen LogP contribution < -0.4 is 0 Å². The Balaban J connectivity index is 2.70. The van der Waals surface area contributed by atoms with Crippen LogP contribution in [0.3, 0.4) is 0 Å². The zero-order valence-electron chi connectivity index (χ0n) is 7.79. The maximum absolute atomic E-state index is 11.3. The lowest BCUT2D eigenvalue weighted by Crippen LogP contribution is -2.46. The Bertz CT molecular complexity index is 167. The van der Waals surface area contributed by atoms with E-state index in [2.05, 4.69) is 20.8 Å². The summed E-state index contributed by atoms with van der Waals surface area (Å²) in [4.78, 5) is 13.2. The molecule has 3 unspecified atom stereocenters. The quantitative estimate of drug-likeness (QED) is 0.519. The van der Waals surface area contributed by atoms with Gasteiger partial charge in [-0.2, -0.15) is 0 Å². The van der Waals surface area contributed by atoms with Crippen molar-refractivity contribution < 1.29 is 4.79 Å². The maximum Gasteiger partial charge on any atom is 0.222 e. The summed E-state index contributed by atoms with van der Waals surface area (Å²) in [7, 11) is 1.90. The van der Waals surface area contributed by atoms with E-state index in [1.807, 2.05) is 11.9 Å². The molecule has 0 radical (unpaired) electrons. The number of carbonyl (C=O) groups is 1. The van der Waals surface area contributed by atoms with Crippen LogP contribution in [-0.2, 0) is 4.79 Å². The fraction of sp³-hybridized carbons (Fsp3) is 0.889. The lowest BCUT2D eigenvalue weighted by atomic mass is 9.83. The van der Waals surface area contributed by atoms with Crippen LogP contribution in [0.2, 0.25) is 0 Å². The lowest BCUT2D eigenvalue weighted by Gasteiger charge is -2.38. The summed E-state index contributed by atoms with van der Waals surface area (Å²) >= 11 is 0. The molecule has 64 valence electrons. The molecule has 2 heteroatoms. The van der Waals surface area contributed by atoms with Gasteiger partial charge >= 0.3 is 0 Å². The van der Waals surface area contributed by atoms with Gasteiger partial charge < -0.3 is 4.90 Å².